The second-order valence-corrected chi connectivity index (χ2v) is 6.04. The van der Waals surface area contributed by atoms with E-state index in [-0.39, 0.29) is 6.04 Å². The fourth-order valence-corrected chi connectivity index (χ4v) is 3.30. The summed E-state index contributed by atoms with van der Waals surface area (Å²) in [5, 5.41) is 3.46. The van der Waals surface area contributed by atoms with Gasteiger partial charge in [-0.2, -0.15) is 0 Å². The molecular weight excluding hydrogens is 278 g/mol. The highest BCUT2D eigenvalue weighted by molar-refractivity contribution is 7.17. The SMILES string of the molecule is CC[C@@H](N)c1ccc(OCc2csc3ccccc23)cc1. The summed E-state index contributed by atoms with van der Waals surface area (Å²) in [6.07, 6.45) is 0.946. The van der Waals surface area contributed by atoms with Crippen molar-refractivity contribution in [3.8, 4) is 5.75 Å². The number of benzene rings is 2. The number of hydrogen-bond donors (Lipinski definition) is 1. The average Bonchev–Trinajstić information content (AvgIpc) is 2.96. The van der Waals surface area contributed by atoms with Gasteiger partial charge in [0.2, 0.25) is 0 Å². The third kappa shape index (κ3) is 3.09. The van der Waals surface area contributed by atoms with Crippen LogP contribution in [0.5, 0.6) is 5.75 Å². The highest BCUT2D eigenvalue weighted by atomic mass is 32.1. The molecular formula is C18H19NOS. The first kappa shape index (κ1) is 14.1. The standard InChI is InChI=1S/C18H19NOS/c1-2-17(19)13-7-9-15(10-8-13)20-11-14-12-21-18-6-4-3-5-16(14)18/h3-10,12,17H,2,11,19H2,1H3/t17-/m1/s1. The fraction of sp³-hybridized carbons (Fsp3) is 0.222. The maximum Gasteiger partial charge on any atom is 0.119 e. The summed E-state index contributed by atoms with van der Waals surface area (Å²) in [6.45, 7) is 2.69. The summed E-state index contributed by atoms with van der Waals surface area (Å²) < 4.78 is 7.20. The van der Waals surface area contributed by atoms with E-state index < -0.39 is 0 Å². The van der Waals surface area contributed by atoms with Gasteiger partial charge in [-0.25, -0.2) is 0 Å². The van der Waals surface area contributed by atoms with Crippen LogP contribution < -0.4 is 10.5 Å². The van der Waals surface area contributed by atoms with Gasteiger partial charge in [0, 0.05) is 16.3 Å². The second kappa shape index (κ2) is 6.29. The molecule has 3 aromatic rings. The van der Waals surface area contributed by atoms with Crippen LogP contribution in [-0.4, -0.2) is 0 Å². The van der Waals surface area contributed by atoms with Crippen LogP contribution in [0.1, 0.15) is 30.5 Å². The van der Waals surface area contributed by atoms with E-state index in [2.05, 4.69) is 48.7 Å². The molecule has 0 fully saturated rings. The molecule has 0 unspecified atom stereocenters. The average molecular weight is 297 g/mol. The molecule has 3 heteroatoms. The predicted octanol–water partition coefficient (Wildman–Crippen LogP) is 4.89. The molecule has 108 valence electrons. The Balaban J connectivity index is 1.70. The van der Waals surface area contributed by atoms with Crippen molar-refractivity contribution in [2.45, 2.75) is 26.0 Å². The van der Waals surface area contributed by atoms with E-state index in [1.807, 2.05) is 12.1 Å². The number of nitrogens with two attached hydrogens (primary N) is 1. The molecule has 2 aromatic carbocycles. The van der Waals surface area contributed by atoms with Crippen LogP contribution in [0.2, 0.25) is 0 Å². The van der Waals surface area contributed by atoms with Crippen molar-refractivity contribution in [1.29, 1.82) is 0 Å². The number of hydrogen-bond acceptors (Lipinski definition) is 3. The largest absolute Gasteiger partial charge is 0.489 e. The van der Waals surface area contributed by atoms with E-state index in [9.17, 15) is 0 Å². The lowest BCUT2D eigenvalue weighted by atomic mass is 10.1. The first-order valence-electron chi connectivity index (χ1n) is 7.21. The van der Waals surface area contributed by atoms with Gasteiger partial charge in [-0.1, -0.05) is 37.3 Å². The molecule has 0 bridgehead atoms. The van der Waals surface area contributed by atoms with Crippen LogP contribution in [0.4, 0.5) is 0 Å². The zero-order chi connectivity index (χ0) is 14.7. The van der Waals surface area contributed by atoms with Gasteiger partial charge in [-0.15, -0.1) is 11.3 Å². The Morgan fingerprint density at radius 3 is 2.62 bits per heavy atom. The number of thiophene rings is 1. The Morgan fingerprint density at radius 1 is 1.10 bits per heavy atom. The Kier molecular flexibility index (Phi) is 4.23. The van der Waals surface area contributed by atoms with Crippen molar-refractivity contribution in [3.05, 3.63) is 65.0 Å². The minimum absolute atomic E-state index is 0.111. The minimum Gasteiger partial charge on any atom is -0.489 e. The highest BCUT2D eigenvalue weighted by Crippen LogP contribution is 2.27. The van der Waals surface area contributed by atoms with E-state index in [4.69, 9.17) is 10.5 Å². The molecule has 0 aliphatic heterocycles. The predicted molar refractivity (Wildman–Crippen MR) is 89.8 cm³/mol. The van der Waals surface area contributed by atoms with Gasteiger partial charge in [0.05, 0.1) is 0 Å². The first-order valence-corrected chi connectivity index (χ1v) is 8.09. The fourth-order valence-electron chi connectivity index (χ4n) is 2.35. The van der Waals surface area contributed by atoms with Gasteiger partial charge < -0.3 is 10.5 Å². The van der Waals surface area contributed by atoms with Gasteiger partial charge in [0.25, 0.3) is 0 Å². The molecule has 0 aliphatic carbocycles. The number of rotatable bonds is 5. The lowest BCUT2D eigenvalue weighted by Gasteiger charge is -2.10. The molecule has 1 atom stereocenters. The normalized spacial score (nSPS) is 12.5. The molecule has 0 aliphatic rings. The van der Waals surface area contributed by atoms with E-state index in [0.717, 1.165) is 17.7 Å². The topological polar surface area (TPSA) is 35.2 Å². The molecule has 0 spiro atoms. The summed E-state index contributed by atoms with van der Waals surface area (Å²) in [5.74, 6) is 0.886. The highest BCUT2D eigenvalue weighted by Gasteiger charge is 2.05. The molecule has 1 heterocycles. The molecule has 0 saturated carbocycles. The van der Waals surface area contributed by atoms with Crippen LogP contribution in [-0.2, 0) is 6.61 Å². The van der Waals surface area contributed by atoms with Gasteiger partial charge in [-0.3, -0.25) is 0 Å². The van der Waals surface area contributed by atoms with Gasteiger partial charge in [0.15, 0.2) is 0 Å². The molecule has 2 nitrogen and oxygen atoms in total. The second-order valence-electron chi connectivity index (χ2n) is 5.13. The van der Waals surface area contributed by atoms with Gasteiger partial charge in [-0.05, 0) is 40.9 Å². The van der Waals surface area contributed by atoms with Crippen LogP contribution >= 0.6 is 11.3 Å². The smallest absolute Gasteiger partial charge is 0.119 e. The van der Waals surface area contributed by atoms with Crippen LogP contribution in [0.3, 0.4) is 0 Å². The van der Waals surface area contributed by atoms with Crippen LogP contribution in [0, 0.1) is 0 Å². The maximum atomic E-state index is 6.02. The quantitative estimate of drug-likeness (QED) is 0.727. The Labute approximate surface area is 129 Å². The summed E-state index contributed by atoms with van der Waals surface area (Å²) in [7, 11) is 0. The van der Waals surface area contributed by atoms with Crippen LogP contribution in [0.15, 0.2) is 53.9 Å². The van der Waals surface area contributed by atoms with E-state index in [0.29, 0.717) is 6.61 Å². The van der Waals surface area contributed by atoms with Crippen molar-refractivity contribution in [2.75, 3.05) is 0 Å². The molecule has 0 radical (unpaired) electrons. The van der Waals surface area contributed by atoms with E-state index in [1.165, 1.54) is 15.6 Å². The van der Waals surface area contributed by atoms with Crippen LogP contribution in [0.25, 0.3) is 10.1 Å². The maximum absolute atomic E-state index is 6.02. The third-order valence-corrected chi connectivity index (χ3v) is 4.72. The summed E-state index contributed by atoms with van der Waals surface area (Å²) in [6, 6.07) is 16.6. The lowest BCUT2D eigenvalue weighted by molar-refractivity contribution is 0.308. The third-order valence-electron chi connectivity index (χ3n) is 3.70. The van der Waals surface area contributed by atoms with Crippen molar-refractivity contribution in [3.63, 3.8) is 0 Å². The lowest BCUT2D eigenvalue weighted by Crippen LogP contribution is -2.08. The number of ether oxygens (including phenoxy) is 1. The van der Waals surface area contributed by atoms with E-state index >= 15 is 0 Å². The minimum atomic E-state index is 0.111. The Morgan fingerprint density at radius 2 is 1.86 bits per heavy atom. The first-order chi connectivity index (χ1) is 10.3. The van der Waals surface area contributed by atoms with Crippen molar-refractivity contribution in [1.82, 2.24) is 0 Å². The summed E-state index contributed by atoms with van der Waals surface area (Å²) >= 11 is 1.76. The van der Waals surface area contributed by atoms with Crippen molar-refractivity contribution in [2.24, 2.45) is 5.73 Å². The summed E-state index contributed by atoms with van der Waals surface area (Å²) in [5.41, 5.74) is 8.42. The molecule has 1 aromatic heterocycles. The molecule has 2 N–H and O–H groups in total. The Hall–Kier alpha value is -1.84. The van der Waals surface area contributed by atoms with Gasteiger partial charge >= 0.3 is 0 Å². The van der Waals surface area contributed by atoms with Gasteiger partial charge in [0.1, 0.15) is 12.4 Å². The van der Waals surface area contributed by atoms with Crippen molar-refractivity contribution < 1.29 is 4.74 Å². The molecule has 3 rings (SSSR count). The van der Waals surface area contributed by atoms with Crippen molar-refractivity contribution >= 4 is 21.4 Å². The summed E-state index contributed by atoms with van der Waals surface area (Å²) in [4.78, 5) is 0. The zero-order valence-corrected chi connectivity index (χ0v) is 12.9. The monoisotopic (exact) mass is 297 g/mol. The zero-order valence-electron chi connectivity index (χ0n) is 12.1. The molecule has 0 amide bonds. The Bertz CT molecular complexity index is 717. The van der Waals surface area contributed by atoms with E-state index in [1.54, 1.807) is 11.3 Å². The number of fused-ring (bicyclic) bond motifs is 1. The molecule has 0 saturated heterocycles. The molecule has 21 heavy (non-hydrogen) atoms.